The van der Waals surface area contributed by atoms with Crippen LogP contribution in [0.4, 0.5) is 0 Å². The summed E-state index contributed by atoms with van der Waals surface area (Å²) in [5.41, 5.74) is 1.53. The Morgan fingerprint density at radius 2 is 1.29 bits per heavy atom. The molecule has 17 heavy (non-hydrogen) atoms. The van der Waals surface area contributed by atoms with Crippen molar-refractivity contribution in [3.8, 4) is 0 Å². The second-order valence-electron chi connectivity index (χ2n) is 8.13. The van der Waals surface area contributed by atoms with Crippen LogP contribution in [0, 0.1) is 10.8 Å². The van der Waals surface area contributed by atoms with Crippen LogP contribution in [0.5, 0.6) is 0 Å². The Labute approximate surface area is 108 Å². The van der Waals surface area contributed by atoms with Gasteiger partial charge in [-0.05, 0) is 62.4 Å². The first kappa shape index (κ1) is 13.4. The fourth-order valence-corrected chi connectivity index (χ4v) is 5.15. The van der Waals surface area contributed by atoms with E-state index in [4.69, 9.17) is 0 Å². The maximum Gasteiger partial charge on any atom is 0.0217 e. The van der Waals surface area contributed by atoms with Crippen LogP contribution in [0.15, 0.2) is 0 Å². The van der Waals surface area contributed by atoms with Gasteiger partial charge >= 0.3 is 0 Å². The first-order valence-corrected chi connectivity index (χ1v) is 7.54. The summed E-state index contributed by atoms with van der Waals surface area (Å²) in [7, 11) is 0. The third-order valence-corrected chi connectivity index (χ3v) is 5.01. The molecule has 1 nitrogen and oxygen atoms in total. The SMILES string of the molecule is CCC1(N2CCCC2)CC(C)(C)CC(C)(C)C1. The van der Waals surface area contributed by atoms with Crippen molar-refractivity contribution in [1.82, 2.24) is 4.90 Å². The number of rotatable bonds is 2. The van der Waals surface area contributed by atoms with E-state index >= 15 is 0 Å². The number of likely N-dealkylation sites (tertiary alicyclic amines) is 1. The maximum absolute atomic E-state index is 2.83. The summed E-state index contributed by atoms with van der Waals surface area (Å²) >= 11 is 0. The monoisotopic (exact) mass is 237 g/mol. The molecule has 0 aromatic carbocycles. The highest BCUT2D eigenvalue weighted by molar-refractivity contribution is 5.03. The van der Waals surface area contributed by atoms with Crippen LogP contribution in [-0.4, -0.2) is 23.5 Å². The molecule has 1 saturated heterocycles. The molecule has 1 saturated carbocycles. The van der Waals surface area contributed by atoms with Crippen LogP contribution in [-0.2, 0) is 0 Å². The standard InChI is InChI=1S/C16H31N/c1-6-16(17-9-7-8-10-17)12-14(2,3)11-15(4,5)13-16/h6-13H2,1-5H3. The fraction of sp³-hybridized carbons (Fsp3) is 1.00. The highest BCUT2D eigenvalue weighted by Crippen LogP contribution is 2.53. The van der Waals surface area contributed by atoms with Crippen LogP contribution >= 0.6 is 0 Å². The molecule has 1 aliphatic heterocycles. The Balaban J connectivity index is 2.25. The average molecular weight is 237 g/mol. The maximum atomic E-state index is 2.83. The lowest BCUT2D eigenvalue weighted by atomic mass is 9.57. The van der Waals surface area contributed by atoms with Gasteiger partial charge in [-0.1, -0.05) is 34.6 Å². The van der Waals surface area contributed by atoms with Crippen molar-refractivity contribution in [2.24, 2.45) is 10.8 Å². The van der Waals surface area contributed by atoms with E-state index in [9.17, 15) is 0 Å². The molecule has 0 unspecified atom stereocenters. The zero-order valence-corrected chi connectivity index (χ0v) is 12.6. The molecule has 0 aromatic heterocycles. The van der Waals surface area contributed by atoms with Gasteiger partial charge in [-0.3, -0.25) is 4.90 Å². The van der Waals surface area contributed by atoms with Gasteiger partial charge in [-0.25, -0.2) is 0 Å². The Bertz CT molecular complexity index is 255. The second kappa shape index (κ2) is 4.26. The molecule has 0 amide bonds. The minimum Gasteiger partial charge on any atom is -0.298 e. The summed E-state index contributed by atoms with van der Waals surface area (Å²) < 4.78 is 0. The lowest BCUT2D eigenvalue weighted by Gasteiger charge is -2.55. The molecule has 1 heterocycles. The first-order chi connectivity index (χ1) is 7.79. The summed E-state index contributed by atoms with van der Waals surface area (Å²) in [6.45, 7) is 15.0. The fourth-order valence-electron chi connectivity index (χ4n) is 5.15. The van der Waals surface area contributed by atoms with Crippen LogP contribution in [0.1, 0.15) is 73.1 Å². The third kappa shape index (κ3) is 2.70. The van der Waals surface area contributed by atoms with Gasteiger partial charge in [-0.2, -0.15) is 0 Å². The van der Waals surface area contributed by atoms with Gasteiger partial charge in [0.15, 0.2) is 0 Å². The topological polar surface area (TPSA) is 3.24 Å². The van der Waals surface area contributed by atoms with Gasteiger partial charge in [0.2, 0.25) is 0 Å². The number of hydrogen-bond donors (Lipinski definition) is 0. The smallest absolute Gasteiger partial charge is 0.0217 e. The van der Waals surface area contributed by atoms with E-state index in [0.717, 1.165) is 0 Å². The average Bonchev–Trinajstić information content (AvgIpc) is 2.65. The number of nitrogens with zero attached hydrogens (tertiary/aromatic N) is 1. The molecule has 0 radical (unpaired) electrons. The van der Waals surface area contributed by atoms with Gasteiger partial charge < -0.3 is 0 Å². The summed E-state index contributed by atoms with van der Waals surface area (Å²) in [5.74, 6) is 0. The largest absolute Gasteiger partial charge is 0.298 e. The predicted octanol–water partition coefficient (Wildman–Crippen LogP) is 4.47. The van der Waals surface area contributed by atoms with Crippen molar-refractivity contribution in [2.75, 3.05) is 13.1 Å². The molecule has 1 aliphatic carbocycles. The first-order valence-electron chi connectivity index (χ1n) is 7.54. The van der Waals surface area contributed by atoms with E-state index in [2.05, 4.69) is 39.5 Å². The van der Waals surface area contributed by atoms with Gasteiger partial charge in [0, 0.05) is 5.54 Å². The van der Waals surface area contributed by atoms with Gasteiger partial charge in [0.1, 0.15) is 0 Å². The second-order valence-corrected chi connectivity index (χ2v) is 8.13. The zero-order chi connectivity index (χ0) is 12.7. The molecular weight excluding hydrogens is 206 g/mol. The lowest BCUT2D eigenvalue weighted by Crippen LogP contribution is -2.55. The summed E-state index contributed by atoms with van der Waals surface area (Å²) in [6.07, 6.45) is 8.36. The van der Waals surface area contributed by atoms with Crippen molar-refractivity contribution in [3.63, 3.8) is 0 Å². The molecule has 1 heteroatoms. The summed E-state index contributed by atoms with van der Waals surface area (Å²) in [6, 6.07) is 0. The Kier molecular flexibility index (Phi) is 3.36. The summed E-state index contributed by atoms with van der Waals surface area (Å²) in [5, 5.41) is 0. The molecule has 2 fully saturated rings. The molecule has 0 bridgehead atoms. The Morgan fingerprint density at radius 1 is 0.824 bits per heavy atom. The molecule has 0 aromatic rings. The van der Waals surface area contributed by atoms with E-state index in [1.807, 2.05) is 0 Å². The molecule has 2 rings (SSSR count). The lowest BCUT2D eigenvalue weighted by molar-refractivity contribution is -0.0410. The van der Waals surface area contributed by atoms with Crippen molar-refractivity contribution < 1.29 is 0 Å². The minimum absolute atomic E-state index is 0.502. The van der Waals surface area contributed by atoms with Crippen LogP contribution < -0.4 is 0 Å². The quantitative estimate of drug-likeness (QED) is 0.685. The molecular formula is C16H31N. The Hall–Kier alpha value is -0.0400. The van der Waals surface area contributed by atoms with Crippen LogP contribution in [0.3, 0.4) is 0 Å². The predicted molar refractivity (Wildman–Crippen MR) is 75.2 cm³/mol. The Morgan fingerprint density at radius 3 is 1.71 bits per heavy atom. The van der Waals surface area contributed by atoms with Gasteiger partial charge in [0.05, 0.1) is 0 Å². The normalized spacial score (nSPS) is 31.6. The number of hydrogen-bond acceptors (Lipinski definition) is 1. The zero-order valence-electron chi connectivity index (χ0n) is 12.6. The van der Waals surface area contributed by atoms with Gasteiger partial charge in [-0.15, -0.1) is 0 Å². The highest BCUT2D eigenvalue weighted by Gasteiger charge is 2.49. The third-order valence-electron chi connectivity index (χ3n) is 5.01. The molecule has 0 spiro atoms. The molecule has 2 aliphatic rings. The van der Waals surface area contributed by atoms with E-state index in [-0.39, 0.29) is 0 Å². The highest BCUT2D eigenvalue weighted by atomic mass is 15.2. The van der Waals surface area contributed by atoms with Crippen molar-refractivity contribution in [1.29, 1.82) is 0 Å². The van der Waals surface area contributed by atoms with E-state index in [0.29, 0.717) is 16.4 Å². The van der Waals surface area contributed by atoms with Crippen molar-refractivity contribution in [2.45, 2.75) is 78.7 Å². The van der Waals surface area contributed by atoms with E-state index in [1.54, 1.807) is 0 Å². The van der Waals surface area contributed by atoms with Crippen molar-refractivity contribution in [3.05, 3.63) is 0 Å². The van der Waals surface area contributed by atoms with E-state index in [1.165, 1.54) is 51.6 Å². The molecule has 0 atom stereocenters. The summed E-state index contributed by atoms with van der Waals surface area (Å²) in [4.78, 5) is 2.83. The molecule has 0 N–H and O–H groups in total. The van der Waals surface area contributed by atoms with Gasteiger partial charge in [0.25, 0.3) is 0 Å². The van der Waals surface area contributed by atoms with Crippen LogP contribution in [0.25, 0.3) is 0 Å². The minimum atomic E-state index is 0.502. The van der Waals surface area contributed by atoms with Crippen molar-refractivity contribution >= 4 is 0 Å². The van der Waals surface area contributed by atoms with Crippen LogP contribution in [0.2, 0.25) is 0 Å². The van der Waals surface area contributed by atoms with E-state index < -0.39 is 0 Å². The molecule has 100 valence electrons.